The third-order valence-corrected chi connectivity index (χ3v) is 7.48. The number of nitrogens with zero attached hydrogens (tertiary/aromatic N) is 2. The van der Waals surface area contributed by atoms with E-state index in [4.69, 9.17) is 4.74 Å². The van der Waals surface area contributed by atoms with Crippen molar-refractivity contribution in [1.82, 2.24) is 4.31 Å². The third-order valence-electron chi connectivity index (χ3n) is 5.68. The van der Waals surface area contributed by atoms with Crippen molar-refractivity contribution in [2.75, 3.05) is 32.2 Å². The highest BCUT2D eigenvalue weighted by atomic mass is 32.2. The van der Waals surface area contributed by atoms with Gasteiger partial charge in [-0.3, -0.25) is 4.79 Å². The van der Waals surface area contributed by atoms with Crippen LogP contribution in [-0.4, -0.2) is 45.9 Å². The molecule has 1 amide bonds. The van der Waals surface area contributed by atoms with Gasteiger partial charge in [-0.05, 0) is 37.1 Å². The molecular weight excluding hydrogens is 426 g/mol. The Morgan fingerprint density at radius 3 is 2.48 bits per heavy atom. The zero-order valence-electron chi connectivity index (χ0n) is 17.2. The second-order valence-electron chi connectivity index (χ2n) is 7.63. The van der Waals surface area contributed by atoms with Crippen molar-refractivity contribution in [3.8, 4) is 0 Å². The molecule has 6 nitrogen and oxygen atoms in total. The monoisotopic (exact) mass is 448 g/mol. The quantitative estimate of drug-likeness (QED) is 0.673. The average molecular weight is 448 g/mol. The van der Waals surface area contributed by atoms with E-state index in [-0.39, 0.29) is 22.9 Å². The maximum absolute atomic E-state index is 14.0. The van der Waals surface area contributed by atoms with Gasteiger partial charge in [0.1, 0.15) is 11.6 Å². The second-order valence-corrected chi connectivity index (χ2v) is 9.68. The summed E-state index contributed by atoms with van der Waals surface area (Å²) in [6.45, 7) is 0.792. The Morgan fingerprint density at radius 1 is 1.10 bits per heavy atom. The number of fused-ring (bicyclic) bond motifs is 1. The maximum Gasteiger partial charge on any atom is 0.258 e. The van der Waals surface area contributed by atoms with Gasteiger partial charge >= 0.3 is 0 Å². The Hall–Kier alpha value is -2.62. The summed E-state index contributed by atoms with van der Waals surface area (Å²) in [6.07, 6.45) is 1.24. The molecule has 0 aliphatic carbocycles. The molecule has 2 heterocycles. The van der Waals surface area contributed by atoms with Crippen LogP contribution in [0.15, 0.2) is 46.9 Å². The lowest BCUT2D eigenvalue weighted by Gasteiger charge is -2.19. The van der Waals surface area contributed by atoms with Gasteiger partial charge in [0, 0.05) is 43.4 Å². The van der Waals surface area contributed by atoms with E-state index < -0.39 is 21.7 Å². The van der Waals surface area contributed by atoms with Crippen LogP contribution in [0.1, 0.15) is 24.0 Å². The molecule has 2 aromatic rings. The molecule has 0 aromatic heterocycles. The van der Waals surface area contributed by atoms with E-state index in [1.165, 1.54) is 30.1 Å². The normalized spacial score (nSPS) is 16.9. The molecule has 0 atom stereocenters. The van der Waals surface area contributed by atoms with Crippen LogP contribution in [-0.2, 0) is 26.1 Å². The van der Waals surface area contributed by atoms with Gasteiger partial charge in [-0.1, -0.05) is 11.6 Å². The number of hydrogen-bond acceptors (Lipinski definition) is 4. The third kappa shape index (κ3) is 3.88. The Kier molecular flexibility index (Phi) is 5.67. The fraction of sp³-hybridized carbons (Fsp3) is 0.318. The molecule has 2 aliphatic rings. The van der Waals surface area contributed by atoms with Gasteiger partial charge in [0.2, 0.25) is 10.0 Å². The van der Waals surface area contributed by atoms with Crippen LogP contribution in [0, 0.1) is 11.6 Å². The van der Waals surface area contributed by atoms with E-state index in [2.05, 4.69) is 0 Å². The van der Waals surface area contributed by atoms with Crippen LogP contribution in [0.3, 0.4) is 0 Å². The summed E-state index contributed by atoms with van der Waals surface area (Å²) in [5, 5.41) is 0. The summed E-state index contributed by atoms with van der Waals surface area (Å²) in [6, 6.07) is 7.58. The van der Waals surface area contributed by atoms with Crippen LogP contribution in [0.4, 0.5) is 14.5 Å². The first kappa shape index (κ1) is 21.6. The number of amides is 1. The molecule has 31 heavy (non-hydrogen) atoms. The van der Waals surface area contributed by atoms with Gasteiger partial charge in [-0.2, -0.15) is 4.31 Å². The molecule has 0 spiro atoms. The fourth-order valence-electron chi connectivity index (χ4n) is 3.92. The summed E-state index contributed by atoms with van der Waals surface area (Å²) in [7, 11) is -0.987. The van der Waals surface area contributed by atoms with Crippen molar-refractivity contribution in [3.05, 3.63) is 64.7 Å². The molecule has 0 bridgehead atoms. The Balaban J connectivity index is 1.71. The SMILES string of the molecule is CN1C(=O)C(=C2CCOCC2)c2cc(S(=O)(=O)N(C)Cc3ccc(F)cc3F)ccc21. The number of likely N-dealkylation sites (N-methyl/N-ethyl adjacent to an activating group) is 1. The minimum absolute atomic E-state index is 0.00419. The molecule has 0 N–H and O–H groups in total. The van der Waals surface area contributed by atoms with Crippen molar-refractivity contribution in [2.45, 2.75) is 24.3 Å². The predicted molar refractivity (Wildman–Crippen MR) is 112 cm³/mol. The first-order chi connectivity index (χ1) is 14.7. The van der Waals surface area contributed by atoms with E-state index >= 15 is 0 Å². The molecule has 0 saturated carbocycles. The standard InChI is InChI=1S/C22H22F2N2O4S/c1-25(13-15-3-4-16(23)11-19(15)24)31(28,29)17-5-6-20-18(12-17)21(22(27)26(20)2)14-7-9-30-10-8-14/h3-6,11-12H,7-10,13H2,1-2H3. The highest BCUT2D eigenvalue weighted by Crippen LogP contribution is 2.41. The second kappa shape index (κ2) is 8.14. The van der Waals surface area contributed by atoms with Gasteiger partial charge < -0.3 is 9.64 Å². The summed E-state index contributed by atoms with van der Waals surface area (Å²) in [5.74, 6) is -1.70. The molecule has 2 aromatic carbocycles. The van der Waals surface area contributed by atoms with E-state index in [0.717, 1.165) is 22.0 Å². The first-order valence-corrected chi connectivity index (χ1v) is 11.3. The number of benzene rings is 2. The summed E-state index contributed by atoms with van der Waals surface area (Å²) >= 11 is 0. The summed E-state index contributed by atoms with van der Waals surface area (Å²) in [4.78, 5) is 14.4. The highest BCUT2D eigenvalue weighted by molar-refractivity contribution is 7.89. The van der Waals surface area contributed by atoms with Crippen molar-refractivity contribution in [1.29, 1.82) is 0 Å². The number of anilines is 1. The molecule has 164 valence electrons. The topological polar surface area (TPSA) is 66.9 Å². The Bertz CT molecular complexity index is 1190. The lowest BCUT2D eigenvalue weighted by Crippen LogP contribution is -2.27. The summed E-state index contributed by atoms with van der Waals surface area (Å²) in [5.41, 5.74) is 2.77. The first-order valence-electron chi connectivity index (χ1n) is 9.82. The number of halogens is 2. The van der Waals surface area contributed by atoms with Crippen molar-refractivity contribution < 1.29 is 26.7 Å². The van der Waals surface area contributed by atoms with Gasteiger partial charge in [0.05, 0.1) is 23.8 Å². The minimum Gasteiger partial charge on any atom is -0.381 e. The predicted octanol–water partition coefficient (Wildman–Crippen LogP) is 3.33. The van der Waals surface area contributed by atoms with Crippen LogP contribution in [0.25, 0.3) is 5.57 Å². The van der Waals surface area contributed by atoms with Crippen LogP contribution >= 0.6 is 0 Å². The van der Waals surface area contributed by atoms with Crippen LogP contribution < -0.4 is 4.90 Å². The number of carbonyl (C=O) groups excluding carboxylic acids is 1. The van der Waals surface area contributed by atoms with E-state index in [1.54, 1.807) is 13.1 Å². The largest absolute Gasteiger partial charge is 0.381 e. The van der Waals surface area contributed by atoms with E-state index in [1.807, 2.05) is 0 Å². The average Bonchev–Trinajstić information content (AvgIpc) is 3.00. The van der Waals surface area contributed by atoms with Gasteiger partial charge in [-0.25, -0.2) is 17.2 Å². The molecule has 9 heteroatoms. The maximum atomic E-state index is 14.0. The molecule has 1 fully saturated rings. The Morgan fingerprint density at radius 2 is 1.81 bits per heavy atom. The summed E-state index contributed by atoms with van der Waals surface area (Å²) < 4.78 is 59.8. The van der Waals surface area contributed by atoms with Gasteiger partial charge in [0.25, 0.3) is 5.91 Å². The molecule has 4 rings (SSSR count). The smallest absolute Gasteiger partial charge is 0.258 e. The van der Waals surface area contributed by atoms with Crippen LogP contribution in [0.5, 0.6) is 0 Å². The molecule has 2 aliphatic heterocycles. The molecular formula is C22H22F2N2O4S. The van der Waals surface area contributed by atoms with Crippen LogP contribution in [0.2, 0.25) is 0 Å². The van der Waals surface area contributed by atoms with Gasteiger partial charge in [-0.15, -0.1) is 0 Å². The zero-order chi connectivity index (χ0) is 22.3. The number of hydrogen-bond donors (Lipinski definition) is 0. The number of sulfonamides is 1. The minimum atomic E-state index is -3.98. The molecule has 0 unspecified atom stereocenters. The molecule has 1 saturated heterocycles. The number of ether oxygens (including phenoxy) is 1. The van der Waals surface area contributed by atoms with E-state index in [9.17, 15) is 22.0 Å². The Labute approximate surface area is 179 Å². The number of carbonyl (C=O) groups is 1. The van der Waals surface area contributed by atoms with Crippen molar-refractivity contribution in [3.63, 3.8) is 0 Å². The van der Waals surface area contributed by atoms with Gasteiger partial charge in [0.15, 0.2) is 0 Å². The lowest BCUT2D eigenvalue weighted by molar-refractivity contribution is -0.112. The fourth-order valence-corrected chi connectivity index (χ4v) is 5.10. The van der Waals surface area contributed by atoms with Crippen molar-refractivity contribution in [2.24, 2.45) is 0 Å². The lowest BCUT2D eigenvalue weighted by atomic mass is 9.96. The van der Waals surface area contributed by atoms with Crippen molar-refractivity contribution >= 4 is 27.2 Å². The number of rotatable bonds is 4. The van der Waals surface area contributed by atoms with E-state index in [0.29, 0.717) is 42.9 Å². The highest BCUT2D eigenvalue weighted by Gasteiger charge is 2.34. The molecule has 0 radical (unpaired) electrons. The zero-order valence-corrected chi connectivity index (χ0v) is 18.0.